The van der Waals surface area contributed by atoms with E-state index in [1.54, 1.807) is 6.07 Å². The maximum Gasteiger partial charge on any atom is 0.237 e. The van der Waals surface area contributed by atoms with Crippen LogP contribution in [0, 0.1) is 11.6 Å². The van der Waals surface area contributed by atoms with Crippen LogP contribution in [0.15, 0.2) is 30.3 Å². The van der Waals surface area contributed by atoms with Crippen molar-refractivity contribution in [1.82, 2.24) is 5.32 Å². The van der Waals surface area contributed by atoms with Gasteiger partial charge in [-0.3, -0.25) is 4.79 Å². The predicted molar refractivity (Wildman–Crippen MR) is 88.7 cm³/mol. The van der Waals surface area contributed by atoms with Crippen LogP contribution in [0.25, 0.3) is 0 Å². The van der Waals surface area contributed by atoms with E-state index in [4.69, 9.17) is 23.2 Å². The van der Waals surface area contributed by atoms with Gasteiger partial charge in [-0.25, -0.2) is 8.78 Å². The van der Waals surface area contributed by atoms with Gasteiger partial charge in [0.2, 0.25) is 5.91 Å². The average Bonchev–Trinajstić information content (AvgIpc) is 3.08. The van der Waals surface area contributed by atoms with Crippen LogP contribution in [0.1, 0.15) is 17.0 Å². The van der Waals surface area contributed by atoms with E-state index < -0.39 is 17.0 Å². The molecule has 124 valence electrons. The second-order valence-corrected chi connectivity index (χ2v) is 6.91. The number of benzene rings is 2. The average molecular weight is 369 g/mol. The summed E-state index contributed by atoms with van der Waals surface area (Å²) in [6.07, 6.45) is 0. The second kappa shape index (κ2) is 5.41. The van der Waals surface area contributed by atoms with Crippen molar-refractivity contribution in [2.75, 3.05) is 18.4 Å². The van der Waals surface area contributed by atoms with Crippen molar-refractivity contribution in [2.24, 2.45) is 0 Å². The lowest BCUT2D eigenvalue weighted by Crippen LogP contribution is -2.41. The van der Waals surface area contributed by atoms with Gasteiger partial charge in [-0.15, -0.1) is 0 Å². The first-order valence-electron chi connectivity index (χ1n) is 7.40. The third-order valence-corrected chi connectivity index (χ3v) is 5.47. The summed E-state index contributed by atoms with van der Waals surface area (Å²) in [7, 11) is 0. The number of carbonyl (C=O) groups is 1. The van der Waals surface area contributed by atoms with Gasteiger partial charge in [-0.1, -0.05) is 29.3 Å². The first-order valence-corrected chi connectivity index (χ1v) is 8.15. The van der Waals surface area contributed by atoms with Gasteiger partial charge in [0.05, 0.1) is 15.5 Å². The summed E-state index contributed by atoms with van der Waals surface area (Å²) in [6.45, 7) is 0.853. The fourth-order valence-corrected chi connectivity index (χ4v) is 4.09. The number of rotatable bonds is 1. The molecule has 1 spiro atoms. The Kier molecular flexibility index (Phi) is 3.56. The predicted octanol–water partition coefficient (Wildman–Crippen LogP) is 3.85. The monoisotopic (exact) mass is 368 g/mol. The van der Waals surface area contributed by atoms with Crippen molar-refractivity contribution in [3.63, 3.8) is 0 Å². The van der Waals surface area contributed by atoms with E-state index in [9.17, 15) is 13.6 Å². The maximum absolute atomic E-state index is 14.0. The zero-order valence-corrected chi connectivity index (χ0v) is 13.8. The minimum absolute atomic E-state index is 0.00420. The van der Waals surface area contributed by atoms with Crippen molar-refractivity contribution < 1.29 is 13.6 Å². The SMILES string of the molecule is O=C1Nc2cc(Cl)c(F)cc2C12CNC[C@@H]2c1ccc(F)c(Cl)c1. The van der Waals surface area contributed by atoms with Crippen molar-refractivity contribution in [2.45, 2.75) is 11.3 Å². The van der Waals surface area contributed by atoms with Crippen LogP contribution < -0.4 is 10.6 Å². The lowest BCUT2D eigenvalue weighted by Gasteiger charge is -2.29. The highest BCUT2D eigenvalue weighted by Crippen LogP contribution is 2.50. The fourth-order valence-electron chi connectivity index (χ4n) is 3.74. The molecule has 2 aliphatic rings. The number of fused-ring (bicyclic) bond motifs is 2. The molecule has 2 atom stereocenters. The number of carbonyl (C=O) groups excluding carboxylic acids is 1. The first kappa shape index (κ1) is 15.8. The molecule has 1 amide bonds. The Morgan fingerprint density at radius 1 is 1.08 bits per heavy atom. The van der Waals surface area contributed by atoms with E-state index in [1.165, 1.54) is 24.3 Å². The van der Waals surface area contributed by atoms with Gasteiger partial charge in [-0.05, 0) is 35.4 Å². The van der Waals surface area contributed by atoms with Crippen LogP contribution in [-0.2, 0) is 10.2 Å². The summed E-state index contributed by atoms with van der Waals surface area (Å²) in [4.78, 5) is 12.8. The molecule has 2 N–H and O–H groups in total. The molecule has 1 saturated heterocycles. The number of hydrogen-bond donors (Lipinski definition) is 2. The molecular weight excluding hydrogens is 357 g/mol. The number of anilines is 1. The van der Waals surface area contributed by atoms with Crippen LogP contribution in [0.3, 0.4) is 0 Å². The summed E-state index contributed by atoms with van der Waals surface area (Å²) >= 11 is 11.7. The fraction of sp³-hybridized carbons (Fsp3) is 0.235. The van der Waals surface area contributed by atoms with Crippen LogP contribution in [0.2, 0.25) is 10.0 Å². The van der Waals surface area contributed by atoms with Crippen LogP contribution in [0.4, 0.5) is 14.5 Å². The molecule has 4 rings (SSSR count). The molecule has 1 fully saturated rings. The molecule has 0 radical (unpaired) electrons. The molecule has 1 unspecified atom stereocenters. The van der Waals surface area contributed by atoms with Gasteiger partial charge in [-0.2, -0.15) is 0 Å². The van der Waals surface area contributed by atoms with Crippen molar-refractivity contribution in [3.8, 4) is 0 Å². The van der Waals surface area contributed by atoms with Crippen molar-refractivity contribution in [3.05, 3.63) is 63.1 Å². The Balaban J connectivity index is 1.89. The zero-order valence-electron chi connectivity index (χ0n) is 12.3. The number of hydrogen-bond acceptors (Lipinski definition) is 2. The van der Waals surface area contributed by atoms with E-state index in [0.717, 1.165) is 5.56 Å². The molecule has 0 saturated carbocycles. The molecule has 2 aromatic rings. The highest BCUT2D eigenvalue weighted by molar-refractivity contribution is 6.31. The Morgan fingerprint density at radius 2 is 1.83 bits per heavy atom. The lowest BCUT2D eigenvalue weighted by atomic mass is 9.70. The lowest BCUT2D eigenvalue weighted by molar-refractivity contribution is -0.120. The Hall–Kier alpha value is -1.69. The molecule has 2 aromatic carbocycles. The quantitative estimate of drug-likeness (QED) is 0.802. The standard InChI is InChI=1S/C17H12Cl2F2N2O/c18-11-3-8(1-2-13(11)20)10-6-22-7-17(10)9-4-14(21)12(19)5-15(9)23-16(17)24/h1-5,10,22H,6-7H2,(H,23,24)/t10-,17?/m1/s1. The van der Waals surface area contributed by atoms with Crippen molar-refractivity contribution in [1.29, 1.82) is 0 Å². The van der Waals surface area contributed by atoms with E-state index in [2.05, 4.69) is 10.6 Å². The minimum atomic E-state index is -0.970. The van der Waals surface area contributed by atoms with Gasteiger partial charge >= 0.3 is 0 Å². The van der Waals surface area contributed by atoms with Gasteiger partial charge in [0.15, 0.2) is 0 Å². The molecule has 2 heterocycles. The van der Waals surface area contributed by atoms with E-state index in [-0.39, 0.29) is 21.9 Å². The van der Waals surface area contributed by atoms with Gasteiger partial charge in [0, 0.05) is 24.7 Å². The Labute approximate surface area is 147 Å². The second-order valence-electron chi connectivity index (χ2n) is 6.09. The summed E-state index contributed by atoms with van der Waals surface area (Å²) in [5.74, 6) is -1.62. The zero-order chi connectivity index (χ0) is 17.1. The molecular formula is C17H12Cl2F2N2O. The smallest absolute Gasteiger partial charge is 0.237 e. The summed E-state index contributed by atoms with van der Waals surface area (Å²) in [6, 6.07) is 7.14. The summed E-state index contributed by atoms with van der Waals surface area (Å²) in [5, 5.41) is 5.93. The maximum atomic E-state index is 14.0. The summed E-state index contributed by atoms with van der Waals surface area (Å²) < 4.78 is 27.5. The van der Waals surface area contributed by atoms with Gasteiger partial charge in [0.1, 0.15) is 11.6 Å². The van der Waals surface area contributed by atoms with Gasteiger partial charge in [0.25, 0.3) is 0 Å². The van der Waals surface area contributed by atoms with Crippen LogP contribution >= 0.6 is 23.2 Å². The first-order chi connectivity index (χ1) is 11.4. The highest BCUT2D eigenvalue weighted by atomic mass is 35.5. The molecule has 2 aliphatic heterocycles. The Morgan fingerprint density at radius 3 is 2.58 bits per heavy atom. The van der Waals surface area contributed by atoms with Crippen molar-refractivity contribution >= 4 is 34.8 Å². The number of amides is 1. The number of nitrogens with one attached hydrogen (secondary N) is 2. The summed E-state index contributed by atoms with van der Waals surface area (Å²) in [5.41, 5.74) is 0.824. The molecule has 7 heteroatoms. The highest BCUT2D eigenvalue weighted by Gasteiger charge is 2.55. The van der Waals surface area contributed by atoms with Crippen LogP contribution in [0.5, 0.6) is 0 Å². The largest absolute Gasteiger partial charge is 0.325 e. The van der Waals surface area contributed by atoms with E-state index >= 15 is 0 Å². The molecule has 24 heavy (non-hydrogen) atoms. The molecule has 0 bridgehead atoms. The molecule has 3 nitrogen and oxygen atoms in total. The normalized spacial score (nSPS) is 25.2. The minimum Gasteiger partial charge on any atom is -0.325 e. The Bertz CT molecular complexity index is 874. The third kappa shape index (κ3) is 2.08. The van der Waals surface area contributed by atoms with E-state index in [0.29, 0.717) is 24.3 Å². The molecule has 0 aromatic heterocycles. The van der Waals surface area contributed by atoms with E-state index in [1.807, 2.05) is 0 Å². The van der Waals surface area contributed by atoms with Gasteiger partial charge < -0.3 is 10.6 Å². The third-order valence-electron chi connectivity index (χ3n) is 4.89. The topological polar surface area (TPSA) is 41.1 Å². The number of halogens is 4. The van der Waals surface area contributed by atoms with Crippen LogP contribution in [-0.4, -0.2) is 19.0 Å². The molecule has 0 aliphatic carbocycles.